The lowest BCUT2D eigenvalue weighted by molar-refractivity contribution is -0.139. The Labute approximate surface area is 250 Å². The van der Waals surface area contributed by atoms with Crippen molar-refractivity contribution >= 4 is 11.8 Å². The Kier molecular flexibility index (Phi) is 12.1. The Hall–Kier alpha value is -4.20. The molecule has 0 aliphatic rings. The average molecular weight is 573 g/mol. The molecule has 0 radical (unpaired) electrons. The average Bonchev–Trinajstić information content (AvgIpc) is 2.98. The highest BCUT2D eigenvalue weighted by molar-refractivity contribution is 5.81. The number of nitrogens with one attached hydrogen (secondary N) is 1. The van der Waals surface area contributed by atoms with Crippen LogP contribution in [0.4, 0.5) is 0 Å². The molecule has 42 heavy (non-hydrogen) atoms. The van der Waals surface area contributed by atoms with Gasteiger partial charge in [0, 0.05) is 18.5 Å². The van der Waals surface area contributed by atoms with Gasteiger partial charge in [-0.15, -0.1) is 4.91 Å². The maximum atomic E-state index is 12.0. The summed E-state index contributed by atoms with van der Waals surface area (Å²) in [7, 11) is 1.39. The van der Waals surface area contributed by atoms with Crippen LogP contribution in [-0.4, -0.2) is 37.1 Å². The molecule has 0 fully saturated rings. The molecule has 1 N–H and O–H groups in total. The Bertz CT molecular complexity index is 1350. The molecule has 8 heteroatoms. The summed E-state index contributed by atoms with van der Waals surface area (Å²) in [5.41, 5.74) is 9.66. The minimum absolute atomic E-state index is 0.107. The van der Waals surface area contributed by atoms with Crippen LogP contribution in [0.15, 0.2) is 77.1 Å². The van der Waals surface area contributed by atoms with Crippen molar-refractivity contribution in [3.63, 3.8) is 0 Å². The van der Waals surface area contributed by atoms with Crippen molar-refractivity contribution in [1.82, 2.24) is 10.4 Å². The summed E-state index contributed by atoms with van der Waals surface area (Å²) in [5, 5.41) is 9.11. The number of hydrogen-bond donors (Lipinski definition) is 1. The lowest BCUT2D eigenvalue weighted by Gasteiger charge is -2.19. The van der Waals surface area contributed by atoms with E-state index in [2.05, 4.69) is 79.0 Å². The molecule has 0 aliphatic heterocycles. The Morgan fingerprint density at radius 2 is 1.69 bits per heavy atom. The number of methoxy groups -OCH3 is 1. The molecule has 0 aromatic heterocycles. The molecule has 0 unspecified atom stereocenters. The van der Waals surface area contributed by atoms with E-state index in [1.54, 1.807) is 0 Å². The fraction of sp³-hybridized carbons (Fsp3) is 0.412. The Morgan fingerprint density at radius 1 is 0.952 bits per heavy atom. The van der Waals surface area contributed by atoms with E-state index >= 15 is 0 Å². The van der Waals surface area contributed by atoms with Crippen molar-refractivity contribution in [3.8, 4) is 16.9 Å². The van der Waals surface area contributed by atoms with Gasteiger partial charge < -0.3 is 14.9 Å². The second-order valence-electron chi connectivity index (χ2n) is 11.2. The van der Waals surface area contributed by atoms with Gasteiger partial charge in [-0.1, -0.05) is 75.4 Å². The molecule has 8 nitrogen and oxygen atoms in total. The third-order valence-electron chi connectivity index (χ3n) is 7.06. The molecule has 0 bridgehead atoms. The number of ether oxygens (including phenoxy) is 2. The molecule has 3 aromatic carbocycles. The maximum absolute atomic E-state index is 12.0. The van der Waals surface area contributed by atoms with Crippen LogP contribution in [0.25, 0.3) is 11.1 Å². The second kappa shape index (κ2) is 15.7. The van der Waals surface area contributed by atoms with E-state index < -0.39 is 0 Å². The van der Waals surface area contributed by atoms with Crippen LogP contribution in [0.2, 0.25) is 0 Å². The predicted octanol–water partition coefficient (Wildman–Crippen LogP) is 7.19. The second-order valence-corrected chi connectivity index (χ2v) is 11.2. The SMILES string of the molecule is CCOc1ccc(-c2cccc(CCC/C(=N/NCc3ccc(C(C)(C)C)cc3)N(CC)N=O)c2)cc1CC(=O)OC. The van der Waals surface area contributed by atoms with Crippen molar-refractivity contribution < 1.29 is 14.3 Å². The molecule has 0 saturated carbocycles. The summed E-state index contributed by atoms with van der Waals surface area (Å²) < 4.78 is 10.6. The molecular weight excluding hydrogens is 528 g/mol. The number of nitrogens with zero attached hydrogens (tertiary/aromatic N) is 3. The topological polar surface area (TPSA) is 92.6 Å². The van der Waals surface area contributed by atoms with Gasteiger partial charge in [0.1, 0.15) is 11.6 Å². The monoisotopic (exact) mass is 572 g/mol. The van der Waals surface area contributed by atoms with Crippen molar-refractivity contribution in [2.45, 2.75) is 72.3 Å². The van der Waals surface area contributed by atoms with E-state index in [-0.39, 0.29) is 17.8 Å². The van der Waals surface area contributed by atoms with Crippen molar-refractivity contribution in [1.29, 1.82) is 0 Å². The summed E-state index contributed by atoms with van der Waals surface area (Å²) in [6.07, 6.45) is 2.36. The van der Waals surface area contributed by atoms with Crippen LogP contribution in [0.3, 0.4) is 0 Å². The molecule has 0 amide bonds. The zero-order valence-electron chi connectivity index (χ0n) is 25.8. The van der Waals surface area contributed by atoms with E-state index in [1.165, 1.54) is 23.2 Å². The minimum Gasteiger partial charge on any atom is -0.494 e. The maximum Gasteiger partial charge on any atom is 0.310 e. The number of nitroso groups, excluding NO2 is 1. The lowest BCUT2D eigenvalue weighted by atomic mass is 9.87. The first-order chi connectivity index (χ1) is 20.2. The van der Waals surface area contributed by atoms with Crippen LogP contribution in [0, 0.1) is 4.91 Å². The Morgan fingerprint density at radius 3 is 2.33 bits per heavy atom. The van der Waals surface area contributed by atoms with Gasteiger partial charge in [-0.05, 0) is 72.1 Å². The highest BCUT2D eigenvalue weighted by Crippen LogP contribution is 2.29. The fourth-order valence-electron chi connectivity index (χ4n) is 4.65. The highest BCUT2D eigenvalue weighted by atomic mass is 16.5. The first-order valence-electron chi connectivity index (χ1n) is 14.6. The number of hydrogen-bond acceptors (Lipinski definition) is 7. The number of benzene rings is 3. The molecule has 0 spiro atoms. The number of amidine groups is 1. The predicted molar refractivity (Wildman–Crippen MR) is 169 cm³/mol. The summed E-state index contributed by atoms with van der Waals surface area (Å²) in [6.45, 7) is 11.9. The van der Waals surface area contributed by atoms with Gasteiger partial charge in [0.25, 0.3) is 0 Å². The number of esters is 1. The molecule has 3 aromatic rings. The largest absolute Gasteiger partial charge is 0.494 e. The molecule has 0 atom stereocenters. The van der Waals surface area contributed by atoms with E-state index in [9.17, 15) is 9.70 Å². The van der Waals surface area contributed by atoms with Gasteiger partial charge in [0.05, 0.1) is 32.0 Å². The number of rotatable bonds is 14. The van der Waals surface area contributed by atoms with E-state index in [0.717, 1.165) is 35.1 Å². The zero-order valence-corrected chi connectivity index (χ0v) is 25.8. The van der Waals surface area contributed by atoms with Crippen molar-refractivity contribution in [2.24, 2.45) is 10.4 Å². The van der Waals surface area contributed by atoms with Gasteiger partial charge in [0.2, 0.25) is 0 Å². The smallest absolute Gasteiger partial charge is 0.310 e. The van der Waals surface area contributed by atoms with E-state index in [0.29, 0.717) is 37.7 Å². The van der Waals surface area contributed by atoms with Crippen molar-refractivity contribution in [3.05, 3.63) is 93.9 Å². The van der Waals surface area contributed by atoms with Crippen LogP contribution in [-0.2, 0) is 34.3 Å². The van der Waals surface area contributed by atoms with Gasteiger partial charge in [0.15, 0.2) is 0 Å². The van der Waals surface area contributed by atoms with E-state index in [4.69, 9.17) is 9.47 Å². The van der Waals surface area contributed by atoms with Crippen LogP contribution < -0.4 is 10.2 Å². The highest BCUT2D eigenvalue weighted by Gasteiger charge is 2.14. The fourth-order valence-corrected chi connectivity index (χ4v) is 4.65. The summed E-state index contributed by atoms with van der Waals surface area (Å²) in [6, 6.07) is 22.8. The van der Waals surface area contributed by atoms with Crippen molar-refractivity contribution in [2.75, 3.05) is 20.3 Å². The third-order valence-corrected chi connectivity index (χ3v) is 7.06. The van der Waals surface area contributed by atoms with Gasteiger partial charge in [-0.25, -0.2) is 5.01 Å². The lowest BCUT2D eigenvalue weighted by Crippen LogP contribution is -2.27. The van der Waals surface area contributed by atoms with Gasteiger partial charge >= 0.3 is 5.97 Å². The van der Waals surface area contributed by atoms with Gasteiger partial charge in [-0.3, -0.25) is 4.79 Å². The normalized spacial score (nSPS) is 11.6. The van der Waals surface area contributed by atoms with Crippen LogP contribution >= 0.6 is 0 Å². The summed E-state index contributed by atoms with van der Waals surface area (Å²) >= 11 is 0. The first kappa shape index (κ1) is 32.3. The molecule has 224 valence electrons. The molecule has 3 rings (SSSR count). The minimum atomic E-state index is -0.307. The number of aryl methyl sites for hydroxylation is 1. The summed E-state index contributed by atoms with van der Waals surface area (Å²) in [5.74, 6) is 1.00. The molecule has 0 saturated heterocycles. The first-order valence-corrected chi connectivity index (χ1v) is 14.6. The quantitative estimate of drug-likeness (QED) is 0.0722. The third kappa shape index (κ3) is 9.43. The molecule has 0 aliphatic carbocycles. The molecule has 0 heterocycles. The van der Waals surface area contributed by atoms with Gasteiger partial charge in [-0.2, -0.15) is 5.10 Å². The van der Waals surface area contributed by atoms with Crippen LogP contribution in [0.5, 0.6) is 5.75 Å². The number of carbonyl (C=O) groups excluding carboxylic acids is 1. The molecular formula is C34H44N4O4. The zero-order chi connectivity index (χ0) is 30.5. The number of hydrazone groups is 1. The summed E-state index contributed by atoms with van der Waals surface area (Å²) in [4.78, 5) is 23.5. The number of carbonyl (C=O) groups is 1. The Balaban J connectivity index is 1.67. The van der Waals surface area contributed by atoms with Crippen LogP contribution in [0.1, 0.15) is 69.7 Å². The van der Waals surface area contributed by atoms with E-state index in [1.807, 2.05) is 38.1 Å². The standard InChI is InChI=1S/C34H44N4O4/c1-7-38(37-40)32(36-35-24-26-15-18-30(19-16-26)34(3,4)5)14-10-12-25-11-9-13-27(21-25)28-17-20-31(42-8-2)29(22-28)23-33(39)41-6/h9,11,13,15-22,35H,7-8,10,12,14,23-24H2,1-6H3/b36-32-.